The van der Waals surface area contributed by atoms with Gasteiger partial charge in [-0.1, -0.05) is 43.3 Å². The summed E-state index contributed by atoms with van der Waals surface area (Å²) >= 11 is 0. The van der Waals surface area contributed by atoms with E-state index in [4.69, 9.17) is 5.11 Å². The van der Waals surface area contributed by atoms with E-state index < -0.39 is 0 Å². The van der Waals surface area contributed by atoms with Crippen molar-refractivity contribution in [2.45, 2.75) is 13.3 Å². The molecule has 0 aliphatic carbocycles. The molecule has 2 rings (SSSR count). The molecule has 2 aromatic rings. The number of rotatable bonds is 3. The molecule has 0 aliphatic rings. The maximum absolute atomic E-state index is 10.9. The van der Waals surface area contributed by atoms with Gasteiger partial charge in [-0.2, -0.15) is 0 Å². The highest BCUT2D eigenvalue weighted by Gasteiger charge is 2.01. The fraction of sp³-hybridized carbons (Fsp3) is 0.188. The number of aldehydes is 1. The summed E-state index contributed by atoms with van der Waals surface area (Å²) in [6, 6.07) is 16.1. The number of aliphatic hydroxyl groups is 1. The minimum atomic E-state index is 0.748. The summed E-state index contributed by atoms with van der Waals surface area (Å²) in [4.78, 5) is 10.9. The van der Waals surface area contributed by atoms with E-state index in [1.807, 2.05) is 30.3 Å². The van der Waals surface area contributed by atoms with E-state index in [9.17, 15) is 4.79 Å². The summed E-state index contributed by atoms with van der Waals surface area (Å²) in [7, 11) is 1.00. The first-order valence-corrected chi connectivity index (χ1v) is 5.92. The Morgan fingerprint density at radius 2 is 1.67 bits per heavy atom. The van der Waals surface area contributed by atoms with E-state index in [0.717, 1.165) is 36.5 Å². The zero-order valence-corrected chi connectivity index (χ0v) is 10.8. The molecule has 94 valence electrons. The Bertz CT molecular complexity index is 490. The van der Waals surface area contributed by atoms with Crippen molar-refractivity contribution in [3.05, 3.63) is 59.7 Å². The van der Waals surface area contributed by atoms with Crippen molar-refractivity contribution >= 4 is 6.29 Å². The number of aryl methyl sites for hydroxylation is 1. The summed E-state index contributed by atoms with van der Waals surface area (Å²) in [6.07, 6.45) is 1.85. The number of aliphatic hydroxyl groups excluding tert-OH is 1. The van der Waals surface area contributed by atoms with E-state index in [1.54, 1.807) is 0 Å². The number of carbonyl (C=O) groups is 1. The molecule has 18 heavy (non-hydrogen) atoms. The van der Waals surface area contributed by atoms with E-state index in [-0.39, 0.29) is 0 Å². The zero-order valence-electron chi connectivity index (χ0n) is 10.8. The Hall–Kier alpha value is -1.93. The van der Waals surface area contributed by atoms with Gasteiger partial charge < -0.3 is 5.11 Å². The molecule has 0 unspecified atom stereocenters. The molecule has 0 heterocycles. The highest BCUT2D eigenvalue weighted by molar-refractivity contribution is 5.79. The van der Waals surface area contributed by atoms with Gasteiger partial charge in [-0.3, -0.25) is 4.79 Å². The average Bonchev–Trinajstić information content (AvgIpc) is 2.49. The van der Waals surface area contributed by atoms with Crippen molar-refractivity contribution in [3.63, 3.8) is 0 Å². The fourth-order valence-electron chi connectivity index (χ4n) is 1.79. The lowest BCUT2D eigenvalue weighted by Gasteiger charge is -2.05. The van der Waals surface area contributed by atoms with Crippen molar-refractivity contribution in [2.24, 2.45) is 0 Å². The van der Waals surface area contributed by atoms with Gasteiger partial charge >= 0.3 is 0 Å². The lowest BCUT2D eigenvalue weighted by atomic mass is 9.99. The number of benzene rings is 2. The summed E-state index contributed by atoms with van der Waals surface area (Å²) < 4.78 is 0. The van der Waals surface area contributed by atoms with Gasteiger partial charge in [0.15, 0.2) is 0 Å². The third-order valence-corrected chi connectivity index (χ3v) is 2.67. The van der Waals surface area contributed by atoms with Crippen LogP contribution >= 0.6 is 0 Å². The molecule has 0 fully saturated rings. The molecule has 0 atom stereocenters. The van der Waals surface area contributed by atoms with Crippen molar-refractivity contribution in [1.82, 2.24) is 0 Å². The summed E-state index contributed by atoms with van der Waals surface area (Å²) in [6.45, 7) is 2.10. The molecule has 0 amide bonds. The van der Waals surface area contributed by atoms with E-state index in [2.05, 4.69) is 25.1 Å². The second-order valence-electron chi connectivity index (χ2n) is 3.80. The van der Waals surface area contributed by atoms with Gasteiger partial charge in [-0.25, -0.2) is 0 Å². The predicted molar refractivity (Wildman–Crippen MR) is 74.8 cm³/mol. The summed E-state index contributed by atoms with van der Waals surface area (Å²) in [5.41, 5.74) is 4.21. The van der Waals surface area contributed by atoms with Crippen LogP contribution in [0.1, 0.15) is 22.8 Å². The average molecular weight is 242 g/mol. The first kappa shape index (κ1) is 14.1. The van der Waals surface area contributed by atoms with Crippen LogP contribution in [0, 0.1) is 0 Å². The van der Waals surface area contributed by atoms with Crippen LogP contribution in [0.25, 0.3) is 11.1 Å². The smallest absolute Gasteiger partial charge is 0.150 e. The first-order valence-electron chi connectivity index (χ1n) is 5.92. The van der Waals surface area contributed by atoms with Crippen molar-refractivity contribution < 1.29 is 9.90 Å². The first-order chi connectivity index (χ1) is 8.83. The standard InChI is InChI=1S/C15H14O.CH4O/c1-2-12-8-13(11-16)10-15(9-12)14-6-4-3-5-7-14;1-2/h3-11H,2H2,1H3;2H,1H3. The minimum Gasteiger partial charge on any atom is -0.400 e. The number of hydrogen-bond donors (Lipinski definition) is 1. The number of hydrogen-bond acceptors (Lipinski definition) is 2. The van der Waals surface area contributed by atoms with Crippen LogP contribution in [0.15, 0.2) is 48.5 Å². The molecule has 0 bridgehead atoms. The molecule has 0 saturated heterocycles. The minimum absolute atomic E-state index is 0.748. The van der Waals surface area contributed by atoms with Gasteiger partial charge in [0.25, 0.3) is 0 Å². The second kappa shape index (κ2) is 7.41. The molecule has 0 radical (unpaired) electrons. The quantitative estimate of drug-likeness (QED) is 0.838. The van der Waals surface area contributed by atoms with Gasteiger partial charge in [-0.15, -0.1) is 0 Å². The fourth-order valence-corrected chi connectivity index (χ4v) is 1.79. The monoisotopic (exact) mass is 242 g/mol. The Morgan fingerprint density at radius 3 is 2.22 bits per heavy atom. The highest BCUT2D eigenvalue weighted by atomic mass is 16.2. The Balaban J connectivity index is 0.000000771. The molecule has 2 aromatic carbocycles. The molecule has 0 spiro atoms. The maximum Gasteiger partial charge on any atom is 0.150 e. The van der Waals surface area contributed by atoms with Crippen LogP contribution in [-0.2, 0) is 6.42 Å². The maximum atomic E-state index is 10.9. The van der Waals surface area contributed by atoms with Crippen LogP contribution in [0.4, 0.5) is 0 Å². The Kier molecular flexibility index (Phi) is 5.81. The van der Waals surface area contributed by atoms with Gasteiger partial charge in [0.1, 0.15) is 6.29 Å². The van der Waals surface area contributed by atoms with Gasteiger partial charge in [0, 0.05) is 12.7 Å². The van der Waals surface area contributed by atoms with Crippen LogP contribution in [0.2, 0.25) is 0 Å². The van der Waals surface area contributed by atoms with Crippen LogP contribution in [0.5, 0.6) is 0 Å². The third kappa shape index (κ3) is 3.54. The number of carbonyl (C=O) groups excluding carboxylic acids is 1. The molecular weight excluding hydrogens is 224 g/mol. The molecule has 1 N–H and O–H groups in total. The van der Waals surface area contributed by atoms with E-state index in [1.165, 1.54) is 5.56 Å². The molecule has 2 nitrogen and oxygen atoms in total. The van der Waals surface area contributed by atoms with Crippen LogP contribution in [-0.4, -0.2) is 18.5 Å². The Morgan fingerprint density at radius 1 is 1.00 bits per heavy atom. The topological polar surface area (TPSA) is 37.3 Å². The lowest BCUT2D eigenvalue weighted by Crippen LogP contribution is -1.88. The van der Waals surface area contributed by atoms with E-state index >= 15 is 0 Å². The molecule has 2 heteroatoms. The second-order valence-corrected chi connectivity index (χ2v) is 3.80. The molecule has 0 saturated carbocycles. The molecular formula is C16H18O2. The van der Waals surface area contributed by atoms with Crippen molar-refractivity contribution in [3.8, 4) is 11.1 Å². The van der Waals surface area contributed by atoms with Gasteiger partial charge in [0.05, 0.1) is 0 Å². The molecule has 0 aliphatic heterocycles. The van der Waals surface area contributed by atoms with Crippen LogP contribution < -0.4 is 0 Å². The van der Waals surface area contributed by atoms with E-state index in [0.29, 0.717) is 0 Å². The van der Waals surface area contributed by atoms with Crippen molar-refractivity contribution in [1.29, 1.82) is 0 Å². The largest absolute Gasteiger partial charge is 0.400 e. The molecule has 0 aromatic heterocycles. The lowest BCUT2D eigenvalue weighted by molar-refractivity contribution is 0.112. The van der Waals surface area contributed by atoms with Gasteiger partial charge in [-0.05, 0) is 35.2 Å². The predicted octanol–water partition coefficient (Wildman–Crippen LogP) is 3.34. The van der Waals surface area contributed by atoms with Crippen LogP contribution in [0.3, 0.4) is 0 Å². The normalized spacial score (nSPS) is 9.28. The summed E-state index contributed by atoms with van der Waals surface area (Å²) in [5.74, 6) is 0. The zero-order chi connectivity index (χ0) is 13.4. The van der Waals surface area contributed by atoms with Crippen molar-refractivity contribution in [2.75, 3.05) is 7.11 Å². The summed E-state index contributed by atoms with van der Waals surface area (Å²) in [5, 5.41) is 7.00. The van der Waals surface area contributed by atoms with Gasteiger partial charge in [0.2, 0.25) is 0 Å². The third-order valence-electron chi connectivity index (χ3n) is 2.67. The Labute approximate surface area is 108 Å². The SMILES string of the molecule is CCc1cc(C=O)cc(-c2ccccc2)c1.CO. The highest BCUT2D eigenvalue weighted by Crippen LogP contribution is 2.21.